The molecule has 2 aromatic rings. The van der Waals surface area contributed by atoms with E-state index in [1.54, 1.807) is 0 Å². The van der Waals surface area contributed by atoms with Crippen molar-refractivity contribution in [3.05, 3.63) is 28.6 Å². The number of nitrogens with two attached hydrogens (primary N) is 1. The minimum Gasteiger partial charge on any atom is -0.369 e. The first-order valence-electron chi connectivity index (χ1n) is 6.84. The first-order valence-corrected chi connectivity index (χ1v) is 8.52. The van der Waals surface area contributed by atoms with Crippen LogP contribution in [0.4, 0.5) is 10.3 Å². The Balaban J connectivity index is 1.99. The van der Waals surface area contributed by atoms with Crippen LogP contribution in [0.1, 0.15) is 13.2 Å². The summed E-state index contributed by atoms with van der Waals surface area (Å²) in [6.07, 6.45) is -0.496. The van der Waals surface area contributed by atoms with Crippen molar-refractivity contribution in [1.29, 1.82) is 0 Å². The average Bonchev–Trinajstić information content (AvgIpc) is 3.00. The summed E-state index contributed by atoms with van der Waals surface area (Å²) in [4.78, 5) is 39.7. The number of alkyl halides is 1. The molecule has 0 spiro atoms. The van der Waals surface area contributed by atoms with Crippen LogP contribution in [0.25, 0.3) is 11.2 Å². The number of anilines is 1. The largest absolute Gasteiger partial charge is 0.369 e. The number of nitrogens with zero attached hydrogens (tertiary/aromatic N) is 3. The molecule has 3 atom stereocenters. The number of aromatic amines is 1. The van der Waals surface area contributed by atoms with Gasteiger partial charge in [0.15, 0.2) is 23.6 Å². The molecule has 1 saturated heterocycles. The summed E-state index contributed by atoms with van der Waals surface area (Å²) in [6.45, 7) is 1.35. The maximum Gasteiger partial charge on any atom is 0.348 e. The Labute approximate surface area is 134 Å². The number of imidazole rings is 1. The van der Waals surface area contributed by atoms with Gasteiger partial charge in [-0.3, -0.25) is 18.9 Å². The lowest BCUT2D eigenvalue weighted by atomic mass is 9.87. The summed E-state index contributed by atoms with van der Waals surface area (Å²) in [5.41, 5.74) is 3.73. The smallest absolute Gasteiger partial charge is 0.348 e. The van der Waals surface area contributed by atoms with Gasteiger partial charge in [-0.05, 0) is 0 Å². The van der Waals surface area contributed by atoms with Gasteiger partial charge in [0.05, 0.1) is 12.9 Å². The molecule has 0 amide bonds. The summed E-state index contributed by atoms with van der Waals surface area (Å²) in [5.74, 6) is 0.505. The summed E-state index contributed by atoms with van der Waals surface area (Å²) < 4.78 is 32.5. The number of nitrogens with one attached hydrogen (secondary N) is 1. The van der Waals surface area contributed by atoms with Crippen molar-refractivity contribution in [1.82, 2.24) is 19.5 Å². The summed E-state index contributed by atoms with van der Waals surface area (Å²) >= 11 is 0. The van der Waals surface area contributed by atoms with E-state index in [4.69, 9.17) is 20.3 Å². The Hall–Kier alpha value is -2.07. The number of hydrogen-bond acceptors (Lipinski definition) is 6. The SMILES string of the molecule is C[C@]1(/C=C/P(=O)(O)O)CO[C@@H](n2cnc3c(=O)[nH]c(N)nc32)[C@@H]1F. The van der Waals surface area contributed by atoms with Crippen LogP contribution in [-0.2, 0) is 9.30 Å². The van der Waals surface area contributed by atoms with Crippen molar-refractivity contribution in [3.63, 3.8) is 0 Å². The summed E-state index contributed by atoms with van der Waals surface area (Å²) in [5, 5.41) is 0. The lowest BCUT2D eigenvalue weighted by molar-refractivity contribution is 0.0240. The molecule has 1 fully saturated rings. The highest BCUT2D eigenvalue weighted by Gasteiger charge is 2.47. The fraction of sp³-hybridized carbons (Fsp3) is 0.417. The molecular weight excluding hydrogens is 344 g/mol. The Bertz CT molecular complexity index is 920. The van der Waals surface area contributed by atoms with E-state index in [2.05, 4.69) is 15.0 Å². The van der Waals surface area contributed by atoms with Crippen molar-refractivity contribution in [2.45, 2.75) is 19.3 Å². The second-order valence-corrected chi connectivity index (χ2v) is 7.27. The second-order valence-electron chi connectivity index (χ2n) is 5.79. The molecular formula is C12H15FN5O5P. The van der Waals surface area contributed by atoms with E-state index >= 15 is 0 Å². The van der Waals surface area contributed by atoms with Gasteiger partial charge in [-0.2, -0.15) is 4.98 Å². The number of hydrogen-bond donors (Lipinski definition) is 4. The Morgan fingerprint density at radius 3 is 3.00 bits per heavy atom. The Morgan fingerprint density at radius 1 is 1.62 bits per heavy atom. The number of fused-ring (bicyclic) bond motifs is 1. The molecule has 0 unspecified atom stereocenters. The number of halogens is 1. The first-order chi connectivity index (χ1) is 11.1. The van der Waals surface area contributed by atoms with Gasteiger partial charge in [0.25, 0.3) is 5.56 Å². The van der Waals surface area contributed by atoms with E-state index in [9.17, 15) is 13.8 Å². The predicted molar refractivity (Wildman–Crippen MR) is 81.7 cm³/mol. The van der Waals surface area contributed by atoms with Crippen LogP contribution in [-0.4, -0.2) is 42.1 Å². The van der Waals surface area contributed by atoms with Crippen LogP contribution >= 0.6 is 7.60 Å². The lowest BCUT2D eigenvalue weighted by Gasteiger charge is -2.22. The molecule has 2 aromatic heterocycles. The number of nitrogen functional groups attached to an aromatic ring is 1. The molecule has 3 heterocycles. The fourth-order valence-corrected chi connectivity index (χ4v) is 3.05. The number of rotatable bonds is 3. The molecule has 0 bridgehead atoms. The van der Waals surface area contributed by atoms with Crippen LogP contribution in [0.5, 0.6) is 0 Å². The van der Waals surface area contributed by atoms with Gasteiger partial charge in [0, 0.05) is 11.2 Å². The van der Waals surface area contributed by atoms with Gasteiger partial charge in [0.1, 0.15) is 0 Å². The summed E-state index contributed by atoms with van der Waals surface area (Å²) in [6, 6.07) is 0. The zero-order valence-corrected chi connectivity index (χ0v) is 13.4. The molecule has 0 radical (unpaired) electrons. The predicted octanol–water partition coefficient (Wildman–Crippen LogP) is 0.266. The molecule has 12 heteroatoms. The van der Waals surface area contributed by atoms with Crippen LogP contribution in [0.3, 0.4) is 0 Å². The molecule has 1 aliphatic rings. The van der Waals surface area contributed by atoms with Crippen molar-refractivity contribution in [3.8, 4) is 0 Å². The molecule has 0 aromatic carbocycles. The minimum absolute atomic E-state index is 0.0145. The fourth-order valence-electron chi connectivity index (χ4n) is 2.51. The van der Waals surface area contributed by atoms with Crippen molar-refractivity contribution in [2.75, 3.05) is 12.3 Å². The van der Waals surface area contributed by atoms with Crippen LogP contribution in [0.15, 0.2) is 23.0 Å². The van der Waals surface area contributed by atoms with Crippen molar-refractivity contribution >= 4 is 24.7 Å². The number of ether oxygens (including phenoxy) is 1. The van der Waals surface area contributed by atoms with E-state index < -0.39 is 31.0 Å². The Morgan fingerprint density at radius 2 is 2.33 bits per heavy atom. The zero-order chi connectivity index (χ0) is 17.7. The molecule has 1 aliphatic heterocycles. The Kier molecular flexibility index (Phi) is 3.83. The average molecular weight is 359 g/mol. The van der Waals surface area contributed by atoms with Gasteiger partial charge in [-0.1, -0.05) is 13.0 Å². The van der Waals surface area contributed by atoms with Gasteiger partial charge < -0.3 is 20.3 Å². The maximum absolute atomic E-state index is 14.9. The van der Waals surface area contributed by atoms with E-state index in [0.29, 0.717) is 5.82 Å². The summed E-state index contributed by atoms with van der Waals surface area (Å²) in [7, 11) is -4.42. The van der Waals surface area contributed by atoms with E-state index in [-0.39, 0.29) is 23.7 Å². The van der Waals surface area contributed by atoms with Gasteiger partial charge in [-0.15, -0.1) is 0 Å². The molecule has 0 aliphatic carbocycles. The number of aromatic nitrogens is 4. The highest BCUT2D eigenvalue weighted by Crippen LogP contribution is 2.45. The van der Waals surface area contributed by atoms with Crippen molar-refractivity contribution in [2.24, 2.45) is 5.41 Å². The molecule has 5 N–H and O–H groups in total. The maximum atomic E-state index is 14.9. The van der Waals surface area contributed by atoms with E-state index in [0.717, 1.165) is 6.08 Å². The molecule has 24 heavy (non-hydrogen) atoms. The highest BCUT2D eigenvalue weighted by molar-refractivity contribution is 7.55. The normalized spacial score (nSPS) is 28.2. The second kappa shape index (κ2) is 5.49. The quantitative estimate of drug-likeness (QED) is 0.569. The van der Waals surface area contributed by atoms with E-state index in [1.165, 1.54) is 17.8 Å². The molecule has 130 valence electrons. The number of H-pyrrole nitrogens is 1. The van der Waals surface area contributed by atoms with Gasteiger partial charge >= 0.3 is 7.60 Å². The standard InChI is InChI=1S/C12H15FN5O5P/c1-12(2-3-24(20,21)22)4-23-10(7(12)13)18-5-15-6-8(18)16-11(14)17-9(6)19/h2-3,5,7,10H,4H2,1H3,(H2,20,21,22)(H3,14,16,17,19)/b3-2+/t7-,10+,12-/m0/s1. The zero-order valence-electron chi connectivity index (χ0n) is 12.5. The lowest BCUT2D eigenvalue weighted by Crippen LogP contribution is -2.28. The van der Waals surface area contributed by atoms with Crippen LogP contribution < -0.4 is 11.3 Å². The first kappa shape index (κ1) is 16.8. The van der Waals surface area contributed by atoms with Gasteiger partial charge in [-0.25, -0.2) is 9.37 Å². The van der Waals surface area contributed by atoms with E-state index in [1.807, 2.05) is 0 Å². The topological polar surface area (TPSA) is 156 Å². The van der Waals surface area contributed by atoms with Crippen LogP contribution in [0, 0.1) is 5.41 Å². The molecule has 3 rings (SSSR count). The van der Waals surface area contributed by atoms with Crippen molar-refractivity contribution < 1.29 is 23.5 Å². The van der Waals surface area contributed by atoms with Gasteiger partial charge in [0.2, 0.25) is 5.95 Å². The molecule has 10 nitrogen and oxygen atoms in total. The minimum atomic E-state index is -4.42. The third kappa shape index (κ3) is 2.86. The monoisotopic (exact) mass is 359 g/mol. The molecule has 0 saturated carbocycles. The highest BCUT2D eigenvalue weighted by atomic mass is 31.2. The third-order valence-electron chi connectivity index (χ3n) is 3.82. The third-order valence-corrected chi connectivity index (χ3v) is 4.36. The van der Waals surface area contributed by atoms with Crippen LogP contribution in [0.2, 0.25) is 0 Å².